The van der Waals surface area contributed by atoms with Gasteiger partial charge in [-0.3, -0.25) is 4.79 Å². The monoisotopic (exact) mass is 347 g/mol. The number of nitrogens with one attached hydrogen (secondary N) is 2. The number of piperidine rings is 1. The van der Waals surface area contributed by atoms with Crippen LogP contribution in [-0.4, -0.2) is 59.0 Å². The molecule has 0 saturated carbocycles. The number of rotatable bonds is 6. The Labute approximate surface area is 149 Å². The fourth-order valence-corrected chi connectivity index (χ4v) is 3.94. The van der Waals surface area contributed by atoms with Gasteiger partial charge in [0.05, 0.1) is 24.8 Å². The van der Waals surface area contributed by atoms with Crippen molar-refractivity contribution in [2.75, 3.05) is 51.9 Å². The van der Waals surface area contributed by atoms with E-state index in [1.807, 2.05) is 18.2 Å². The average molecular weight is 347 g/mol. The second-order valence-electron chi connectivity index (χ2n) is 7.04. The zero-order chi connectivity index (χ0) is 17.7. The van der Waals surface area contributed by atoms with Gasteiger partial charge >= 0.3 is 0 Å². The van der Waals surface area contributed by atoms with Gasteiger partial charge in [-0.1, -0.05) is 12.1 Å². The molecule has 25 heavy (non-hydrogen) atoms. The molecule has 1 aromatic carbocycles. The molecule has 2 saturated heterocycles. The van der Waals surface area contributed by atoms with Crippen LogP contribution in [0.1, 0.15) is 19.3 Å². The molecule has 0 bridgehead atoms. The number of benzene rings is 1. The first-order valence-corrected chi connectivity index (χ1v) is 9.07. The molecule has 3 rings (SSSR count). The lowest BCUT2D eigenvalue weighted by molar-refractivity contribution is -0.136. The van der Waals surface area contributed by atoms with Gasteiger partial charge in [0.2, 0.25) is 5.91 Å². The Bertz CT molecular complexity index is 582. The molecule has 0 aromatic heterocycles. The van der Waals surface area contributed by atoms with Gasteiger partial charge in [-0.25, -0.2) is 0 Å². The first-order chi connectivity index (χ1) is 12.2. The standard InChI is InChI=1S/C19H29N3O3/c1-24-14-19(8-10-20-11-9-19)18(23)21-15-7-12-22(13-15)16-5-3-4-6-17(16)25-2/h3-6,15,20H,7-14H2,1-2H3,(H,21,23). The minimum Gasteiger partial charge on any atom is -0.495 e. The summed E-state index contributed by atoms with van der Waals surface area (Å²) in [6, 6.07) is 8.21. The summed E-state index contributed by atoms with van der Waals surface area (Å²) in [5.74, 6) is 1.02. The Morgan fingerprint density at radius 3 is 2.80 bits per heavy atom. The van der Waals surface area contributed by atoms with E-state index in [0.29, 0.717) is 6.61 Å². The normalized spacial score (nSPS) is 22.6. The fraction of sp³-hybridized carbons (Fsp3) is 0.632. The highest BCUT2D eigenvalue weighted by Gasteiger charge is 2.41. The molecule has 2 N–H and O–H groups in total. The Morgan fingerprint density at radius 2 is 2.08 bits per heavy atom. The highest BCUT2D eigenvalue weighted by Crippen LogP contribution is 2.32. The first-order valence-electron chi connectivity index (χ1n) is 9.07. The molecule has 1 aromatic rings. The predicted molar refractivity (Wildman–Crippen MR) is 98.2 cm³/mol. The van der Waals surface area contributed by atoms with Gasteiger partial charge in [0, 0.05) is 26.2 Å². The summed E-state index contributed by atoms with van der Waals surface area (Å²) >= 11 is 0. The Balaban J connectivity index is 1.63. The molecule has 2 aliphatic heterocycles. The van der Waals surface area contributed by atoms with Crippen molar-refractivity contribution >= 4 is 11.6 Å². The van der Waals surface area contributed by atoms with Gasteiger partial charge in [0.1, 0.15) is 5.75 Å². The van der Waals surface area contributed by atoms with Crippen molar-refractivity contribution in [2.24, 2.45) is 5.41 Å². The smallest absolute Gasteiger partial charge is 0.228 e. The second kappa shape index (κ2) is 8.06. The highest BCUT2D eigenvalue weighted by atomic mass is 16.5. The van der Waals surface area contributed by atoms with Crippen molar-refractivity contribution in [3.8, 4) is 5.75 Å². The molecular weight excluding hydrogens is 318 g/mol. The van der Waals surface area contributed by atoms with E-state index in [2.05, 4.69) is 21.6 Å². The van der Waals surface area contributed by atoms with Gasteiger partial charge in [-0.05, 0) is 44.5 Å². The van der Waals surface area contributed by atoms with Crippen LogP contribution in [0.15, 0.2) is 24.3 Å². The lowest BCUT2D eigenvalue weighted by Crippen LogP contribution is -2.52. The van der Waals surface area contributed by atoms with Crippen LogP contribution in [0.2, 0.25) is 0 Å². The molecule has 0 spiro atoms. The van der Waals surface area contributed by atoms with Crippen LogP contribution >= 0.6 is 0 Å². The van der Waals surface area contributed by atoms with Crippen LogP contribution in [0.25, 0.3) is 0 Å². The molecule has 0 radical (unpaired) electrons. The Kier molecular flexibility index (Phi) is 5.81. The number of nitrogens with zero attached hydrogens (tertiary/aromatic N) is 1. The number of amides is 1. The topological polar surface area (TPSA) is 62.8 Å². The Morgan fingerprint density at radius 1 is 1.32 bits per heavy atom. The maximum absolute atomic E-state index is 13.0. The molecule has 2 fully saturated rings. The molecule has 138 valence electrons. The number of carbonyl (C=O) groups excluding carboxylic acids is 1. The van der Waals surface area contributed by atoms with Gasteiger partial charge < -0.3 is 25.0 Å². The van der Waals surface area contributed by atoms with Crippen molar-refractivity contribution < 1.29 is 14.3 Å². The first kappa shape index (κ1) is 18.0. The van der Waals surface area contributed by atoms with E-state index in [1.165, 1.54) is 0 Å². The van der Waals surface area contributed by atoms with Gasteiger partial charge in [-0.15, -0.1) is 0 Å². The molecule has 6 nitrogen and oxygen atoms in total. The highest BCUT2D eigenvalue weighted by molar-refractivity contribution is 5.83. The number of methoxy groups -OCH3 is 2. The third-order valence-corrected chi connectivity index (χ3v) is 5.41. The third-order valence-electron chi connectivity index (χ3n) is 5.41. The van der Waals surface area contributed by atoms with Crippen molar-refractivity contribution in [2.45, 2.75) is 25.3 Å². The number of para-hydroxylation sites is 2. The van der Waals surface area contributed by atoms with Gasteiger partial charge in [0.25, 0.3) is 0 Å². The molecule has 0 aliphatic carbocycles. The maximum Gasteiger partial charge on any atom is 0.228 e. The van der Waals surface area contributed by atoms with Crippen LogP contribution in [0, 0.1) is 5.41 Å². The van der Waals surface area contributed by atoms with E-state index in [9.17, 15) is 4.79 Å². The van der Waals surface area contributed by atoms with E-state index in [4.69, 9.17) is 9.47 Å². The summed E-state index contributed by atoms with van der Waals surface area (Å²) in [7, 11) is 3.37. The summed E-state index contributed by atoms with van der Waals surface area (Å²) in [5, 5.41) is 6.61. The quantitative estimate of drug-likeness (QED) is 0.815. The van der Waals surface area contributed by atoms with Crippen molar-refractivity contribution in [3.05, 3.63) is 24.3 Å². The average Bonchev–Trinajstić information content (AvgIpc) is 3.11. The van der Waals surface area contributed by atoms with Crippen molar-refractivity contribution in [1.82, 2.24) is 10.6 Å². The van der Waals surface area contributed by atoms with Crippen LogP contribution in [0.3, 0.4) is 0 Å². The predicted octanol–water partition coefficient (Wildman–Crippen LogP) is 1.41. The fourth-order valence-electron chi connectivity index (χ4n) is 3.94. The SMILES string of the molecule is COCC1(C(=O)NC2CCN(c3ccccc3OC)C2)CCNCC1. The Hall–Kier alpha value is -1.79. The zero-order valence-corrected chi connectivity index (χ0v) is 15.2. The van der Waals surface area contributed by atoms with Gasteiger partial charge in [0.15, 0.2) is 0 Å². The number of hydrogen-bond donors (Lipinski definition) is 2. The van der Waals surface area contributed by atoms with E-state index >= 15 is 0 Å². The molecule has 1 amide bonds. The number of hydrogen-bond acceptors (Lipinski definition) is 5. The van der Waals surface area contributed by atoms with Crippen LogP contribution < -0.4 is 20.3 Å². The second-order valence-corrected chi connectivity index (χ2v) is 7.04. The van der Waals surface area contributed by atoms with Gasteiger partial charge in [-0.2, -0.15) is 0 Å². The lowest BCUT2D eigenvalue weighted by Gasteiger charge is -2.36. The van der Waals surface area contributed by atoms with E-state index < -0.39 is 5.41 Å². The number of anilines is 1. The number of carbonyl (C=O) groups is 1. The van der Waals surface area contributed by atoms with Crippen LogP contribution in [0.5, 0.6) is 5.75 Å². The molecule has 2 heterocycles. The van der Waals surface area contributed by atoms with Crippen LogP contribution in [-0.2, 0) is 9.53 Å². The summed E-state index contributed by atoms with van der Waals surface area (Å²) in [6.07, 6.45) is 2.61. The summed E-state index contributed by atoms with van der Waals surface area (Å²) < 4.78 is 10.8. The molecule has 2 aliphatic rings. The van der Waals surface area contributed by atoms with Crippen molar-refractivity contribution in [1.29, 1.82) is 0 Å². The summed E-state index contributed by atoms with van der Waals surface area (Å²) in [4.78, 5) is 15.3. The van der Waals surface area contributed by atoms with Crippen molar-refractivity contribution in [3.63, 3.8) is 0 Å². The third kappa shape index (κ3) is 3.90. The maximum atomic E-state index is 13.0. The molecule has 1 atom stereocenters. The summed E-state index contributed by atoms with van der Waals surface area (Å²) in [5.41, 5.74) is 0.702. The minimum atomic E-state index is -0.391. The lowest BCUT2D eigenvalue weighted by atomic mass is 9.78. The zero-order valence-electron chi connectivity index (χ0n) is 15.2. The molecule has 1 unspecified atom stereocenters. The largest absolute Gasteiger partial charge is 0.495 e. The summed E-state index contributed by atoms with van der Waals surface area (Å²) in [6.45, 7) is 3.96. The molecule has 6 heteroatoms. The molecular formula is C19H29N3O3. The van der Waals surface area contributed by atoms with Crippen LogP contribution in [0.4, 0.5) is 5.69 Å². The minimum absolute atomic E-state index is 0.141. The number of ether oxygens (including phenoxy) is 2. The van der Waals surface area contributed by atoms with E-state index in [1.54, 1.807) is 14.2 Å². The van der Waals surface area contributed by atoms with E-state index in [0.717, 1.165) is 56.9 Å². The van der Waals surface area contributed by atoms with E-state index in [-0.39, 0.29) is 11.9 Å².